The molecule has 2 heteroatoms. The van der Waals surface area contributed by atoms with Crippen LogP contribution in [0.1, 0.15) is 44.4 Å². The molecule has 1 N–H and O–H groups in total. The van der Waals surface area contributed by atoms with Crippen LogP contribution in [0.25, 0.3) is 10.9 Å². The minimum Gasteiger partial charge on any atom is -0.390 e. The number of hydrogen-bond donors (Lipinski definition) is 1. The quantitative estimate of drug-likeness (QED) is 0.877. The zero-order chi connectivity index (χ0) is 13.9. The normalized spacial score (nSPS) is 14.5. The number of hydrogen-bond acceptors (Lipinski definition) is 2. The Hall–Kier alpha value is -1.41. The van der Waals surface area contributed by atoms with Crippen molar-refractivity contribution in [1.29, 1.82) is 0 Å². The number of nitrogens with zero attached hydrogens (tertiary/aromatic N) is 1. The summed E-state index contributed by atoms with van der Waals surface area (Å²) in [5.41, 5.74) is 2.60. The maximum absolute atomic E-state index is 10.5. The third kappa shape index (κ3) is 3.54. The lowest BCUT2D eigenvalue weighted by Crippen LogP contribution is -2.27. The van der Waals surface area contributed by atoms with Crippen molar-refractivity contribution in [3.8, 4) is 0 Å². The molecular formula is C17H23NO. The van der Waals surface area contributed by atoms with E-state index in [2.05, 4.69) is 24.0 Å². The highest BCUT2D eigenvalue weighted by atomic mass is 16.3. The van der Waals surface area contributed by atoms with E-state index in [4.69, 9.17) is 0 Å². The third-order valence-electron chi connectivity index (χ3n) is 3.57. The fraction of sp³-hybridized carbons (Fsp3) is 0.471. The highest BCUT2D eigenvalue weighted by molar-refractivity contribution is 5.82. The van der Waals surface area contributed by atoms with Gasteiger partial charge in [0.25, 0.3) is 0 Å². The van der Waals surface area contributed by atoms with Crippen LogP contribution in [-0.2, 0) is 6.42 Å². The van der Waals surface area contributed by atoms with Gasteiger partial charge in [0.1, 0.15) is 0 Å². The third-order valence-corrected chi connectivity index (χ3v) is 3.57. The van der Waals surface area contributed by atoms with Crippen molar-refractivity contribution in [3.05, 3.63) is 41.6 Å². The van der Waals surface area contributed by atoms with Crippen LogP contribution in [0.2, 0.25) is 0 Å². The number of rotatable bonds is 5. The average molecular weight is 257 g/mol. The predicted octanol–water partition coefficient (Wildman–Crippen LogP) is 4.03. The van der Waals surface area contributed by atoms with Crippen LogP contribution in [0, 0.1) is 6.92 Å². The second-order valence-corrected chi connectivity index (χ2v) is 5.72. The number of aryl methyl sites for hydroxylation is 1. The lowest BCUT2D eigenvalue weighted by molar-refractivity contribution is 0.0493. The lowest BCUT2D eigenvalue weighted by Gasteiger charge is -2.24. The molecule has 0 amide bonds. The van der Waals surface area contributed by atoms with Gasteiger partial charge in [-0.2, -0.15) is 0 Å². The predicted molar refractivity (Wildman–Crippen MR) is 80.3 cm³/mol. The molecule has 0 saturated carbocycles. The van der Waals surface area contributed by atoms with Gasteiger partial charge in [-0.25, -0.2) is 0 Å². The summed E-state index contributed by atoms with van der Waals surface area (Å²) in [5.74, 6) is 0. The molecule has 102 valence electrons. The van der Waals surface area contributed by atoms with Gasteiger partial charge in [-0.15, -0.1) is 0 Å². The van der Waals surface area contributed by atoms with Crippen molar-refractivity contribution >= 4 is 10.9 Å². The van der Waals surface area contributed by atoms with Gasteiger partial charge < -0.3 is 5.11 Å². The van der Waals surface area contributed by atoms with E-state index in [-0.39, 0.29) is 0 Å². The van der Waals surface area contributed by atoms with Gasteiger partial charge in [0, 0.05) is 17.5 Å². The SMILES string of the molecule is CCCCC(C)(O)Cc1cc(C)nc2ccccc12. The van der Waals surface area contributed by atoms with Gasteiger partial charge >= 0.3 is 0 Å². The van der Waals surface area contributed by atoms with E-state index in [0.717, 1.165) is 35.9 Å². The number of benzene rings is 1. The number of pyridine rings is 1. The highest BCUT2D eigenvalue weighted by Crippen LogP contribution is 2.25. The summed E-state index contributed by atoms with van der Waals surface area (Å²) in [6, 6.07) is 10.3. The Morgan fingerprint density at radius 3 is 2.74 bits per heavy atom. The second kappa shape index (κ2) is 5.70. The topological polar surface area (TPSA) is 33.1 Å². The lowest BCUT2D eigenvalue weighted by atomic mass is 9.89. The smallest absolute Gasteiger partial charge is 0.0707 e. The number of fused-ring (bicyclic) bond motifs is 1. The number of unbranched alkanes of at least 4 members (excludes halogenated alkanes) is 1. The fourth-order valence-corrected chi connectivity index (χ4v) is 2.60. The summed E-state index contributed by atoms with van der Waals surface area (Å²) < 4.78 is 0. The van der Waals surface area contributed by atoms with Crippen LogP contribution in [-0.4, -0.2) is 15.7 Å². The molecule has 0 spiro atoms. The van der Waals surface area contributed by atoms with Crippen LogP contribution in [0.3, 0.4) is 0 Å². The zero-order valence-electron chi connectivity index (χ0n) is 12.1. The average Bonchev–Trinajstić information content (AvgIpc) is 2.36. The standard InChI is InChI=1S/C17H23NO/c1-4-5-10-17(3,19)12-14-11-13(2)18-16-9-7-6-8-15(14)16/h6-9,11,19H,4-5,10,12H2,1-3H3. The Balaban J connectivity index is 2.34. The van der Waals surface area contributed by atoms with E-state index in [1.807, 2.05) is 32.0 Å². The molecule has 1 heterocycles. The van der Waals surface area contributed by atoms with Gasteiger partial charge in [-0.05, 0) is 38.0 Å². The van der Waals surface area contributed by atoms with E-state index in [1.54, 1.807) is 0 Å². The summed E-state index contributed by atoms with van der Waals surface area (Å²) in [5, 5.41) is 11.7. The Labute approximate surface area is 115 Å². The van der Waals surface area contributed by atoms with E-state index in [0.29, 0.717) is 6.42 Å². The largest absolute Gasteiger partial charge is 0.390 e. The minimum atomic E-state index is -0.632. The molecule has 19 heavy (non-hydrogen) atoms. The molecule has 0 saturated heterocycles. The Bertz CT molecular complexity index is 560. The molecule has 0 radical (unpaired) electrons. The first-order valence-electron chi connectivity index (χ1n) is 7.09. The van der Waals surface area contributed by atoms with E-state index < -0.39 is 5.60 Å². The number of aromatic nitrogens is 1. The van der Waals surface area contributed by atoms with Crippen molar-refractivity contribution in [2.24, 2.45) is 0 Å². The molecule has 2 nitrogen and oxygen atoms in total. The van der Waals surface area contributed by atoms with E-state index >= 15 is 0 Å². The second-order valence-electron chi connectivity index (χ2n) is 5.72. The summed E-state index contributed by atoms with van der Waals surface area (Å²) in [4.78, 5) is 4.55. The molecule has 1 unspecified atom stereocenters. The van der Waals surface area contributed by atoms with Crippen molar-refractivity contribution in [2.75, 3.05) is 0 Å². The van der Waals surface area contributed by atoms with Crippen LogP contribution >= 0.6 is 0 Å². The van der Waals surface area contributed by atoms with Gasteiger partial charge in [-0.3, -0.25) is 4.98 Å². The molecule has 1 aromatic heterocycles. The first kappa shape index (κ1) is 14.0. The molecule has 0 aliphatic heterocycles. The van der Waals surface area contributed by atoms with Gasteiger partial charge in [-0.1, -0.05) is 38.0 Å². The number of aliphatic hydroxyl groups is 1. The molecule has 1 aromatic carbocycles. The Morgan fingerprint density at radius 1 is 1.26 bits per heavy atom. The first-order valence-corrected chi connectivity index (χ1v) is 7.09. The van der Waals surface area contributed by atoms with Crippen molar-refractivity contribution in [2.45, 2.75) is 52.1 Å². The van der Waals surface area contributed by atoms with E-state index in [1.165, 1.54) is 5.56 Å². The van der Waals surface area contributed by atoms with Crippen LogP contribution in [0.4, 0.5) is 0 Å². The monoisotopic (exact) mass is 257 g/mol. The van der Waals surface area contributed by atoms with Crippen molar-refractivity contribution in [1.82, 2.24) is 4.98 Å². The molecule has 0 aliphatic carbocycles. The summed E-state index contributed by atoms with van der Waals surface area (Å²) in [6.45, 7) is 6.10. The Morgan fingerprint density at radius 2 is 2.00 bits per heavy atom. The Kier molecular flexibility index (Phi) is 4.20. The van der Waals surface area contributed by atoms with Gasteiger partial charge in [0.2, 0.25) is 0 Å². The zero-order valence-corrected chi connectivity index (χ0v) is 12.1. The molecule has 0 aliphatic rings. The fourth-order valence-electron chi connectivity index (χ4n) is 2.60. The molecule has 2 aromatic rings. The van der Waals surface area contributed by atoms with Gasteiger partial charge in [0.15, 0.2) is 0 Å². The van der Waals surface area contributed by atoms with Crippen molar-refractivity contribution in [3.63, 3.8) is 0 Å². The molecule has 0 bridgehead atoms. The van der Waals surface area contributed by atoms with Crippen LogP contribution in [0.15, 0.2) is 30.3 Å². The molecule has 0 fully saturated rings. The first-order chi connectivity index (χ1) is 9.02. The maximum Gasteiger partial charge on any atom is 0.0707 e. The summed E-state index contributed by atoms with van der Waals surface area (Å²) >= 11 is 0. The van der Waals surface area contributed by atoms with E-state index in [9.17, 15) is 5.11 Å². The number of para-hydroxylation sites is 1. The van der Waals surface area contributed by atoms with Crippen LogP contribution < -0.4 is 0 Å². The summed E-state index contributed by atoms with van der Waals surface area (Å²) in [6.07, 6.45) is 3.72. The van der Waals surface area contributed by atoms with Crippen LogP contribution in [0.5, 0.6) is 0 Å². The maximum atomic E-state index is 10.5. The van der Waals surface area contributed by atoms with Crippen molar-refractivity contribution < 1.29 is 5.11 Å². The summed E-state index contributed by atoms with van der Waals surface area (Å²) in [7, 11) is 0. The van der Waals surface area contributed by atoms with Gasteiger partial charge in [0.05, 0.1) is 11.1 Å². The minimum absolute atomic E-state index is 0.632. The molecular weight excluding hydrogens is 234 g/mol. The highest BCUT2D eigenvalue weighted by Gasteiger charge is 2.21. The molecule has 1 atom stereocenters. The molecule has 2 rings (SSSR count).